The topological polar surface area (TPSA) is 90.4 Å². The van der Waals surface area contributed by atoms with E-state index in [1.54, 1.807) is 48.5 Å². The molecule has 5 rings (SSSR count). The molecule has 0 unspecified atom stereocenters. The first-order chi connectivity index (χ1) is 16.0. The zero-order valence-corrected chi connectivity index (χ0v) is 17.8. The molecule has 0 saturated heterocycles. The molecule has 2 heterocycles. The largest absolute Gasteiger partial charge is 0.384 e. The average molecular weight is 440 g/mol. The third-order valence-corrected chi connectivity index (χ3v) is 6.58. The van der Waals surface area contributed by atoms with Crippen LogP contribution in [0.4, 0.5) is 15.8 Å². The van der Waals surface area contributed by atoms with Gasteiger partial charge in [-0.05, 0) is 31.0 Å². The van der Waals surface area contributed by atoms with Gasteiger partial charge in [0.15, 0.2) is 5.78 Å². The van der Waals surface area contributed by atoms with Crippen LogP contribution in [0.15, 0.2) is 83.9 Å². The maximum absolute atomic E-state index is 14.9. The molecule has 0 aromatic heterocycles. The summed E-state index contributed by atoms with van der Waals surface area (Å²) < 4.78 is 14.9. The SMILES string of the molecule is C=CCN1C(=O)[C@@]2(C(C#N)=C(N)N(c3ccccc3F)C3=C2C(=O)CCC3)c2ccccc21. The molecule has 33 heavy (non-hydrogen) atoms. The van der Waals surface area contributed by atoms with Gasteiger partial charge in [0.05, 0.1) is 11.3 Å². The average Bonchev–Trinajstić information content (AvgIpc) is 3.05. The summed E-state index contributed by atoms with van der Waals surface area (Å²) in [5.74, 6) is -1.23. The Balaban J connectivity index is 1.90. The lowest BCUT2D eigenvalue weighted by molar-refractivity contribution is -0.124. The minimum atomic E-state index is -1.66. The molecular formula is C26H21FN4O2. The fourth-order valence-corrected chi connectivity index (χ4v) is 5.35. The standard InChI is InChI=1S/C26H21FN4O2/c1-2-14-30-19-10-5-3-8-16(19)26(25(30)33)17(15-28)24(29)31(20-11-6-4-9-18(20)27)21-12-7-13-22(32)23(21)26/h2-6,8-11H,1,7,12-14,29H2/t26-/m1/s1. The van der Waals surface area contributed by atoms with Gasteiger partial charge in [0, 0.05) is 35.5 Å². The Hall–Kier alpha value is -4.18. The Morgan fingerprint density at radius 2 is 1.82 bits per heavy atom. The van der Waals surface area contributed by atoms with Crippen LogP contribution in [0, 0.1) is 17.1 Å². The van der Waals surface area contributed by atoms with Gasteiger partial charge >= 0.3 is 0 Å². The first kappa shape index (κ1) is 20.7. The summed E-state index contributed by atoms with van der Waals surface area (Å²) in [7, 11) is 0. The van der Waals surface area contributed by atoms with E-state index in [9.17, 15) is 19.2 Å². The number of Topliss-reactive ketones (excluding diaryl/α,β-unsaturated/α-hetero) is 1. The number of nitrogens with two attached hydrogens (primary N) is 1. The van der Waals surface area contributed by atoms with Crippen molar-refractivity contribution < 1.29 is 14.0 Å². The van der Waals surface area contributed by atoms with Crippen LogP contribution < -0.4 is 15.5 Å². The van der Waals surface area contributed by atoms with Gasteiger partial charge in [0.2, 0.25) is 5.91 Å². The number of anilines is 2. The van der Waals surface area contributed by atoms with Crippen LogP contribution in [0.2, 0.25) is 0 Å². The van der Waals surface area contributed by atoms with Gasteiger partial charge < -0.3 is 10.6 Å². The van der Waals surface area contributed by atoms with E-state index in [0.29, 0.717) is 29.8 Å². The summed E-state index contributed by atoms with van der Waals surface area (Å²) in [5.41, 5.74) is 6.80. The Labute approximate surface area is 190 Å². The van der Waals surface area contributed by atoms with Crippen LogP contribution in [0.5, 0.6) is 0 Å². The van der Waals surface area contributed by atoms with Gasteiger partial charge in [-0.3, -0.25) is 14.5 Å². The molecule has 0 radical (unpaired) electrons. The van der Waals surface area contributed by atoms with E-state index < -0.39 is 17.1 Å². The molecule has 0 bridgehead atoms. The van der Waals surface area contributed by atoms with Crippen molar-refractivity contribution >= 4 is 23.1 Å². The summed E-state index contributed by atoms with van der Waals surface area (Å²) >= 11 is 0. The van der Waals surface area contributed by atoms with Crippen LogP contribution in [0.3, 0.4) is 0 Å². The molecule has 164 valence electrons. The Kier molecular flexibility index (Phi) is 4.68. The predicted octanol–water partition coefficient (Wildman–Crippen LogP) is 3.82. The van der Waals surface area contributed by atoms with Gasteiger partial charge in [0.25, 0.3) is 0 Å². The minimum Gasteiger partial charge on any atom is -0.384 e. The molecule has 1 aliphatic carbocycles. The van der Waals surface area contributed by atoms with Gasteiger partial charge in [0.1, 0.15) is 23.1 Å². The van der Waals surface area contributed by atoms with Crippen molar-refractivity contribution in [1.82, 2.24) is 0 Å². The maximum Gasteiger partial charge on any atom is 0.248 e. The molecular weight excluding hydrogens is 419 g/mol. The number of amides is 1. The van der Waals surface area contributed by atoms with Crippen molar-refractivity contribution in [3.63, 3.8) is 0 Å². The highest BCUT2D eigenvalue weighted by atomic mass is 19.1. The number of nitriles is 1. The number of hydrogen-bond acceptors (Lipinski definition) is 5. The molecule has 2 aromatic carbocycles. The number of carbonyl (C=O) groups is 2. The molecule has 6 nitrogen and oxygen atoms in total. The van der Waals surface area contributed by atoms with E-state index in [1.807, 2.05) is 0 Å². The first-order valence-electron chi connectivity index (χ1n) is 10.7. The normalized spacial score (nSPS) is 21.9. The van der Waals surface area contributed by atoms with Crippen molar-refractivity contribution in [3.05, 3.63) is 95.2 Å². The van der Waals surface area contributed by atoms with Gasteiger partial charge in [-0.1, -0.05) is 36.4 Å². The second kappa shape index (κ2) is 7.45. The molecule has 2 N–H and O–H groups in total. The molecule has 1 spiro atoms. The van der Waals surface area contributed by atoms with E-state index in [4.69, 9.17) is 5.73 Å². The van der Waals surface area contributed by atoms with Crippen molar-refractivity contribution in [1.29, 1.82) is 5.26 Å². The first-order valence-corrected chi connectivity index (χ1v) is 10.7. The molecule has 0 saturated carbocycles. The molecule has 3 aliphatic rings. The summed E-state index contributed by atoms with van der Waals surface area (Å²) in [6.45, 7) is 3.96. The highest BCUT2D eigenvalue weighted by molar-refractivity contribution is 6.20. The molecule has 7 heteroatoms. The summed E-state index contributed by atoms with van der Waals surface area (Å²) in [6.07, 6.45) is 2.80. The zero-order valence-electron chi connectivity index (χ0n) is 17.8. The van der Waals surface area contributed by atoms with Gasteiger partial charge in [-0.15, -0.1) is 6.58 Å². The predicted molar refractivity (Wildman–Crippen MR) is 122 cm³/mol. The molecule has 2 aromatic rings. The number of fused-ring (bicyclic) bond motifs is 3. The van der Waals surface area contributed by atoms with Crippen LogP contribution in [-0.4, -0.2) is 18.2 Å². The number of para-hydroxylation sites is 2. The third-order valence-electron chi connectivity index (χ3n) is 6.58. The second-order valence-electron chi connectivity index (χ2n) is 8.23. The lowest BCUT2D eigenvalue weighted by atomic mass is 9.63. The van der Waals surface area contributed by atoms with Gasteiger partial charge in [-0.25, -0.2) is 4.39 Å². The number of ketones is 1. The van der Waals surface area contributed by atoms with E-state index >= 15 is 0 Å². The number of benzene rings is 2. The summed E-state index contributed by atoms with van der Waals surface area (Å²) in [6, 6.07) is 15.3. The van der Waals surface area contributed by atoms with E-state index in [0.717, 1.165) is 0 Å². The van der Waals surface area contributed by atoms with Crippen LogP contribution in [0.25, 0.3) is 0 Å². The number of hydrogen-bond donors (Lipinski definition) is 1. The lowest BCUT2D eigenvalue weighted by Gasteiger charge is -2.43. The highest BCUT2D eigenvalue weighted by Crippen LogP contribution is 2.56. The number of nitrogens with zero attached hydrogens (tertiary/aromatic N) is 3. The van der Waals surface area contributed by atoms with Crippen molar-refractivity contribution in [2.75, 3.05) is 16.3 Å². The fourth-order valence-electron chi connectivity index (χ4n) is 5.35. The second-order valence-corrected chi connectivity index (χ2v) is 8.23. The Bertz CT molecular complexity index is 1340. The maximum atomic E-state index is 14.9. The molecule has 1 atom stereocenters. The van der Waals surface area contributed by atoms with Crippen molar-refractivity contribution in [2.24, 2.45) is 5.73 Å². The quantitative estimate of drug-likeness (QED) is 0.733. The van der Waals surface area contributed by atoms with Crippen LogP contribution >= 0.6 is 0 Å². The number of carbonyl (C=O) groups excluding carboxylic acids is 2. The third kappa shape index (κ3) is 2.58. The fraction of sp³-hybridized carbons (Fsp3) is 0.192. The molecule has 0 fully saturated rings. The number of allylic oxidation sites excluding steroid dienone is 1. The smallest absolute Gasteiger partial charge is 0.248 e. The number of halogens is 1. The lowest BCUT2D eigenvalue weighted by Crippen LogP contribution is -2.52. The minimum absolute atomic E-state index is 0.0420. The van der Waals surface area contributed by atoms with Crippen LogP contribution in [-0.2, 0) is 15.0 Å². The monoisotopic (exact) mass is 440 g/mol. The Morgan fingerprint density at radius 3 is 2.52 bits per heavy atom. The van der Waals surface area contributed by atoms with Crippen LogP contribution in [0.1, 0.15) is 24.8 Å². The zero-order chi connectivity index (χ0) is 23.3. The summed E-state index contributed by atoms with van der Waals surface area (Å²) in [4.78, 5) is 30.6. The number of rotatable bonds is 3. The highest BCUT2D eigenvalue weighted by Gasteiger charge is 2.62. The summed E-state index contributed by atoms with van der Waals surface area (Å²) in [5, 5.41) is 10.3. The van der Waals surface area contributed by atoms with Crippen molar-refractivity contribution in [2.45, 2.75) is 24.7 Å². The van der Waals surface area contributed by atoms with Gasteiger partial charge in [-0.2, -0.15) is 5.26 Å². The van der Waals surface area contributed by atoms with E-state index in [2.05, 4.69) is 12.6 Å². The molecule has 2 aliphatic heterocycles. The van der Waals surface area contributed by atoms with Crippen molar-refractivity contribution in [3.8, 4) is 6.07 Å². The van der Waals surface area contributed by atoms with E-state index in [-0.39, 0.29) is 41.4 Å². The van der Waals surface area contributed by atoms with E-state index in [1.165, 1.54) is 15.9 Å². The Morgan fingerprint density at radius 1 is 1.12 bits per heavy atom. The molecule has 1 amide bonds.